The topological polar surface area (TPSA) is 185 Å². The lowest BCUT2D eigenvalue weighted by Crippen LogP contribution is -2.58. The zero-order valence-corrected chi connectivity index (χ0v) is 19.7. The SMILES string of the molecule is CSCCC(NC(=O)C(CC(N)=O)NC(=O)C(N)CC(C)C)C(=O)N1CCCC1C(=O)O. The van der Waals surface area contributed by atoms with E-state index in [-0.39, 0.29) is 18.9 Å². The van der Waals surface area contributed by atoms with Gasteiger partial charge in [0.25, 0.3) is 0 Å². The lowest BCUT2D eigenvalue weighted by molar-refractivity contribution is -0.149. The quantitative estimate of drug-likeness (QED) is 0.226. The van der Waals surface area contributed by atoms with E-state index in [0.717, 1.165) is 0 Å². The molecule has 0 aromatic rings. The molecule has 1 fully saturated rings. The van der Waals surface area contributed by atoms with Gasteiger partial charge >= 0.3 is 5.97 Å². The van der Waals surface area contributed by atoms with E-state index in [1.54, 1.807) is 0 Å². The summed E-state index contributed by atoms with van der Waals surface area (Å²) in [4.78, 5) is 62.5. The Hall–Kier alpha value is -2.34. The normalized spacial score (nSPS) is 18.7. The summed E-state index contributed by atoms with van der Waals surface area (Å²) in [5.41, 5.74) is 11.1. The number of nitrogens with two attached hydrogens (primary N) is 2. The molecule has 1 rings (SSSR count). The molecule has 0 aliphatic carbocycles. The minimum absolute atomic E-state index is 0.148. The summed E-state index contributed by atoms with van der Waals surface area (Å²) in [6.07, 6.45) is 2.93. The highest BCUT2D eigenvalue weighted by Gasteiger charge is 2.38. The second-order valence-electron chi connectivity index (χ2n) is 8.34. The Balaban J connectivity index is 2.97. The fraction of sp³-hybridized carbons (Fsp3) is 0.750. The number of nitrogens with zero attached hydrogens (tertiary/aromatic N) is 1. The van der Waals surface area contributed by atoms with Gasteiger partial charge in [0.2, 0.25) is 23.6 Å². The third kappa shape index (κ3) is 8.65. The molecule has 4 unspecified atom stereocenters. The van der Waals surface area contributed by atoms with Crippen LogP contribution in [0.1, 0.15) is 46.0 Å². The molecule has 4 amide bonds. The number of amides is 4. The predicted molar refractivity (Wildman–Crippen MR) is 120 cm³/mol. The lowest BCUT2D eigenvalue weighted by atomic mass is 10.0. The van der Waals surface area contributed by atoms with Gasteiger partial charge < -0.3 is 32.1 Å². The first kappa shape index (κ1) is 27.7. The molecule has 0 bridgehead atoms. The Labute approximate surface area is 192 Å². The van der Waals surface area contributed by atoms with Crippen molar-refractivity contribution in [1.29, 1.82) is 0 Å². The first-order valence-electron chi connectivity index (χ1n) is 10.6. The van der Waals surface area contributed by atoms with Crippen LogP contribution in [0.15, 0.2) is 0 Å². The molecule has 1 aliphatic rings. The molecular weight excluding hydrogens is 438 g/mol. The van der Waals surface area contributed by atoms with Gasteiger partial charge in [-0.15, -0.1) is 0 Å². The van der Waals surface area contributed by atoms with Gasteiger partial charge in [0, 0.05) is 6.54 Å². The van der Waals surface area contributed by atoms with Crippen molar-refractivity contribution in [2.75, 3.05) is 18.6 Å². The van der Waals surface area contributed by atoms with Crippen molar-refractivity contribution in [1.82, 2.24) is 15.5 Å². The first-order valence-corrected chi connectivity index (χ1v) is 12.0. The van der Waals surface area contributed by atoms with Crippen LogP contribution in [0.3, 0.4) is 0 Å². The standard InChI is InChI=1S/C20H35N5O6S/c1-11(2)9-12(21)17(27)24-14(10-16(22)26)18(28)23-13(6-8-32-3)19(29)25-7-4-5-15(25)20(30)31/h11-15H,4-10,21H2,1-3H3,(H2,22,26)(H,23,28)(H,24,27)(H,30,31). The number of thioether (sulfide) groups is 1. The number of carboxylic acid groups (broad SMARTS) is 1. The van der Waals surface area contributed by atoms with Crippen LogP contribution >= 0.6 is 11.8 Å². The highest BCUT2D eigenvalue weighted by atomic mass is 32.2. The monoisotopic (exact) mass is 473 g/mol. The molecule has 0 aromatic carbocycles. The maximum Gasteiger partial charge on any atom is 0.326 e. The van der Waals surface area contributed by atoms with Crippen molar-refractivity contribution in [2.24, 2.45) is 17.4 Å². The predicted octanol–water partition coefficient (Wildman–Crippen LogP) is -0.966. The van der Waals surface area contributed by atoms with Gasteiger partial charge in [-0.2, -0.15) is 11.8 Å². The van der Waals surface area contributed by atoms with E-state index >= 15 is 0 Å². The third-order valence-electron chi connectivity index (χ3n) is 5.15. The van der Waals surface area contributed by atoms with Gasteiger partial charge in [-0.3, -0.25) is 19.2 Å². The van der Waals surface area contributed by atoms with Crippen molar-refractivity contribution in [2.45, 2.75) is 70.1 Å². The van der Waals surface area contributed by atoms with Crippen LogP contribution in [0.2, 0.25) is 0 Å². The van der Waals surface area contributed by atoms with Crippen LogP contribution < -0.4 is 22.1 Å². The van der Waals surface area contributed by atoms with Crippen LogP contribution in [0.5, 0.6) is 0 Å². The molecule has 1 saturated heterocycles. The zero-order chi connectivity index (χ0) is 24.4. The van der Waals surface area contributed by atoms with E-state index in [2.05, 4.69) is 10.6 Å². The summed E-state index contributed by atoms with van der Waals surface area (Å²) in [6, 6.07) is -4.09. The molecule has 1 aliphatic heterocycles. The van der Waals surface area contributed by atoms with Gasteiger partial charge in [-0.25, -0.2) is 4.79 Å². The largest absolute Gasteiger partial charge is 0.480 e. The molecule has 12 heteroatoms. The summed E-state index contributed by atoms with van der Waals surface area (Å²) < 4.78 is 0. The number of rotatable bonds is 13. The maximum absolute atomic E-state index is 13.0. The first-order chi connectivity index (χ1) is 15.0. The van der Waals surface area contributed by atoms with E-state index in [4.69, 9.17) is 11.5 Å². The van der Waals surface area contributed by atoms with Gasteiger partial charge in [0.1, 0.15) is 18.1 Å². The minimum atomic E-state index is -1.29. The van der Waals surface area contributed by atoms with Crippen molar-refractivity contribution in [3.8, 4) is 0 Å². The Morgan fingerprint density at radius 1 is 1.12 bits per heavy atom. The number of likely N-dealkylation sites (tertiary alicyclic amines) is 1. The molecule has 182 valence electrons. The highest BCUT2D eigenvalue weighted by molar-refractivity contribution is 7.98. The molecule has 0 aromatic heterocycles. The van der Waals surface area contributed by atoms with E-state index in [9.17, 15) is 29.1 Å². The molecule has 1 heterocycles. The molecule has 0 radical (unpaired) electrons. The average molecular weight is 474 g/mol. The number of nitrogens with one attached hydrogen (secondary N) is 2. The molecule has 32 heavy (non-hydrogen) atoms. The van der Waals surface area contributed by atoms with Crippen LogP contribution in [0.4, 0.5) is 0 Å². The fourth-order valence-electron chi connectivity index (χ4n) is 3.56. The van der Waals surface area contributed by atoms with E-state index in [0.29, 0.717) is 25.0 Å². The number of hydrogen-bond donors (Lipinski definition) is 5. The lowest BCUT2D eigenvalue weighted by Gasteiger charge is -2.28. The summed E-state index contributed by atoms with van der Waals surface area (Å²) in [6.45, 7) is 4.07. The number of carbonyl (C=O) groups is 5. The Kier molecular flexibility index (Phi) is 11.5. The van der Waals surface area contributed by atoms with Crippen LogP contribution in [0, 0.1) is 5.92 Å². The average Bonchev–Trinajstić information content (AvgIpc) is 3.19. The third-order valence-corrected chi connectivity index (χ3v) is 5.79. The number of aliphatic carboxylic acids is 1. The van der Waals surface area contributed by atoms with Gasteiger partial charge in [0.15, 0.2) is 0 Å². The second-order valence-corrected chi connectivity index (χ2v) is 9.32. The molecule has 7 N–H and O–H groups in total. The van der Waals surface area contributed by atoms with Crippen molar-refractivity contribution < 1.29 is 29.1 Å². The number of carbonyl (C=O) groups excluding carboxylic acids is 4. The summed E-state index contributed by atoms with van der Waals surface area (Å²) in [5, 5.41) is 14.4. The van der Waals surface area contributed by atoms with E-state index < -0.39 is 60.2 Å². The number of hydrogen-bond acceptors (Lipinski definition) is 7. The van der Waals surface area contributed by atoms with Crippen molar-refractivity contribution >= 4 is 41.4 Å². The Morgan fingerprint density at radius 2 is 1.75 bits per heavy atom. The maximum atomic E-state index is 13.0. The zero-order valence-electron chi connectivity index (χ0n) is 18.8. The highest BCUT2D eigenvalue weighted by Crippen LogP contribution is 2.20. The van der Waals surface area contributed by atoms with Crippen molar-refractivity contribution in [3.63, 3.8) is 0 Å². The summed E-state index contributed by atoms with van der Waals surface area (Å²) in [7, 11) is 0. The molecule has 11 nitrogen and oxygen atoms in total. The summed E-state index contributed by atoms with van der Waals surface area (Å²) in [5.74, 6) is -3.07. The number of carboxylic acids is 1. The number of primary amides is 1. The Bertz CT molecular complexity index is 704. The molecule has 4 atom stereocenters. The second kappa shape index (κ2) is 13.3. The van der Waals surface area contributed by atoms with Crippen LogP contribution in [-0.2, 0) is 24.0 Å². The molecule has 0 spiro atoms. The van der Waals surface area contributed by atoms with Gasteiger partial charge in [-0.05, 0) is 43.6 Å². The van der Waals surface area contributed by atoms with Gasteiger partial charge in [-0.1, -0.05) is 13.8 Å². The molecule has 0 saturated carbocycles. The summed E-state index contributed by atoms with van der Waals surface area (Å²) >= 11 is 1.46. The minimum Gasteiger partial charge on any atom is -0.480 e. The smallest absolute Gasteiger partial charge is 0.326 e. The fourth-order valence-corrected chi connectivity index (χ4v) is 4.03. The Morgan fingerprint density at radius 3 is 2.28 bits per heavy atom. The van der Waals surface area contributed by atoms with E-state index in [1.807, 2.05) is 20.1 Å². The van der Waals surface area contributed by atoms with Crippen LogP contribution in [-0.4, -0.2) is 82.3 Å². The van der Waals surface area contributed by atoms with Crippen molar-refractivity contribution in [3.05, 3.63) is 0 Å². The molecular formula is C20H35N5O6S. The van der Waals surface area contributed by atoms with Gasteiger partial charge in [0.05, 0.1) is 12.5 Å². The van der Waals surface area contributed by atoms with E-state index in [1.165, 1.54) is 16.7 Å². The van der Waals surface area contributed by atoms with Crippen LogP contribution in [0.25, 0.3) is 0 Å².